The molecule has 0 amide bonds. The molecule has 1 heterocycles. The van der Waals surface area contributed by atoms with Gasteiger partial charge in [0.1, 0.15) is 10.8 Å². The molecular formula is C10H6ClFN2O2S. The van der Waals surface area contributed by atoms with Crippen molar-refractivity contribution in [3.63, 3.8) is 0 Å². The van der Waals surface area contributed by atoms with Gasteiger partial charge in [-0.25, -0.2) is 14.2 Å². The van der Waals surface area contributed by atoms with E-state index in [2.05, 4.69) is 10.3 Å². The number of carbonyl (C=O) groups is 1. The lowest BCUT2D eigenvalue weighted by molar-refractivity contribution is 0.0692. The van der Waals surface area contributed by atoms with E-state index in [4.69, 9.17) is 16.7 Å². The smallest absolute Gasteiger partial charge is 0.357 e. The molecule has 88 valence electrons. The molecule has 1 aromatic carbocycles. The Morgan fingerprint density at radius 3 is 3.00 bits per heavy atom. The SMILES string of the molecule is O=C(O)c1ncsc1Nc1cc(Cl)ccc1F. The average Bonchev–Trinajstić information content (AvgIpc) is 2.71. The number of thiazole rings is 1. The van der Waals surface area contributed by atoms with Crippen molar-refractivity contribution >= 4 is 39.6 Å². The third kappa shape index (κ3) is 2.54. The van der Waals surface area contributed by atoms with Crippen LogP contribution >= 0.6 is 22.9 Å². The van der Waals surface area contributed by atoms with E-state index < -0.39 is 11.8 Å². The van der Waals surface area contributed by atoms with E-state index in [1.165, 1.54) is 23.7 Å². The summed E-state index contributed by atoms with van der Waals surface area (Å²) in [5.74, 6) is -1.68. The Labute approximate surface area is 105 Å². The van der Waals surface area contributed by atoms with Crippen molar-refractivity contribution in [1.29, 1.82) is 0 Å². The summed E-state index contributed by atoms with van der Waals surface area (Å²) < 4.78 is 13.4. The standard InChI is InChI=1S/C10H6ClFN2O2S/c11-5-1-2-6(12)7(3-5)14-9-8(10(15)16)13-4-17-9/h1-4,14H,(H,15,16). The van der Waals surface area contributed by atoms with E-state index in [9.17, 15) is 9.18 Å². The van der Waals surface area contributed by atoms with Gasteiger partial charge in [-0.2, -0.15) is 0 Å². The molecule has 0 unspecified atom stereocenters. The molecule has 0 bridgehead atoms. The van der Waals surface area contributed by atoms with Crippen LogP contribution in [0.3, 0.4) is 0 Å². The number of anilines is 2. The molecule has 7 heteroatoms. The van der Waals surface area contributed by atoms with Gasteiger partial charge in [-0.05, 0) is 18.2 Å². The second kappa shape index (κ2) is 4.68. The summed E-state index contributed by atoms with van der Waals surface area (Å²) in [5, 5.41) is 12.1. The van der Waals surface area contributed by atoms with E-state index in [1.807, 2.05) is 0 Å². The summed E-state index contributed by atoms with van der Waals surface area (Å²) >= 11 is 6.80. The second-order valence-electron chi connectivity index (χ2n) is 3.08. The highest BCUT2D eigenvalue weighted by Gasteiger charge is 2.14. The highest BCUT2D eigenvalue weighted by atomic mass is 35.5. The van der Waals surface area contributed by atoms with Crippen LogP contribution in [0, 0.1) is 5.82 Å². The first-order chi connectivity index (χ1) is 8.08. The molecule has 2 aromatic rings. The normalized spacial score (nSPS) is 10.2. The molecule has 0 saturated heterocycles. The molecule has 17 heavy (non-hydrogen) atoms. The van der Waals surface area contributed by atoms with E-state index in [0.717, 1.165) is 11.3 Å². The zero-order valence-corrected chi connectivity index (χ0v) is 9.85. The Hall–Kier alpha value is -1.66. The van der Waals surface area contributed by atoms with E-state index in [0.29, 0.717) is 5.02 Å². The van der Waals surface area contributed by atoms with Gasteiger partial charge in [0, 0.05) is 5.02 Å². The lowest BCUT2D eigenvalue weighted by atomic mass is 10.3. The molecule has 0 aliphatic rings. The van der Waals surface area contributed by atoms with Crippen molar-refractivity contribution in [2.75, 3.05) is 5.32 Å². The largest absolute Gasteiger partial charge is 0.476 e. The molecule has 0 aliphatic heterocycles. The summed E-state index contributed by atoms with van der Waals surface area (Å²) in [6.07, 6.45) is 0. The summed E-state index contributed by atoms with van der Waals surface area (Å²) in [6.45, 7) is 0. The van der Waals surface area contributed by atoms with Gasteiger partial charge in [-0.1, -0.05) is 11.6 Å². The molecule has 0 fully saturated rings. The lowest BCUT2D eigenvalue weighted by Gasteiger charge is -2.06. The van der Waals surface area contributed by atoms with Gasteiger partial charge in [0.2, 0.25) is 0 Å². The average molecular weight is 273 g/mol. The highest BCUT2D eigenvalue weighted by molar-refractivity contribution is 7.14. The highest BCUT2D eigenvalue weighted by Crippen LogP contribution is 2.28. The van der Waals surface area contributed by atoms with E-state index in [-0.39, 0.29) is 16.4 Å². The van der Waals surface area contributed by atoms with E-state index >= 15 is 0 Å². The number of hydrogen-bond acceptors (Lipinski definition) is 4. The zero-order valence-electron chi connectivity index (χ0n) is 8.28. The Morgan fingerprint density at radius 2 is 2.29 bits per heavy atom. The molecule has 1 aromatic heterocycles. The predicted molar refractivity (Wildman–Crippen MR) is 63.8 cm³/mol. The second-order valence-corrected chi connectivity index (χ2v) is 4.38. The van der Waals surface area contributed by atoms with Gasteiger partial charge in [-0.3, -0.25) is 0 Å². The number of benzene rings is 1. The third-order valence-electron chi connectivity index (χ3n) is 1.95. The van der Waals surface area contributed by atoms with Crippen molar-refractivity contribution in [2.45, 2.75) is 0 Å². The summed E-state index contributed by atoms with van der Waals surface area (Å²) in [4.78, 5) is 14.5. The first-order valence-corrected chi connectivity index (χ1v) is 5.72. The van der Waals surface area contributed by atoms with Gasteiger partial charge >= 0.3 is 5.97 Å². The molecular weight excluding hydrogens is 267 g/mol. The monoisotopic (exact) mass is 272 g/mol. The molecule has 0 aliphatic carbocycles. The lowest BCUT2D eigenvalue weighted by Crippen LogP contribution is -2.01. The van der Waals surface area contributed by atoms with Gasteiger partial charge in [-0.15, -0.1) is 11.3 Å². The first kappa shape index (κ1) is 11.8. The minimum absolute atomic E-state index is 0.115. The Bertz CT molecular complexity index is 573. The Morgan fingerprint density at radius 1 is 1.53 bits per heavy atom. The van der Waals surface area contributed by atoms with Gasteiger partial charge in [0.05, 0.1) is 11.2 Å². The number of rotatable bonds is 3. The molecule has 0 radical (unpaired) electrons. The summed E-state index contributed by atoms with van der Waals surface area (Å²) in [5.41, 5.74) is 1.34. The van der Waals surface area contributed by atoms with Crippen molar-refractivity contribution in [1.82, 2.24) is 4.98 Å². The number of aromatic nitrogens is 1. The van der Waals surface area contributed by atoms with Crippen LogP contribution in [0.1, 0.15) is 10.5 Å². The fourth-order valence-corrected chi connectivity index (χ4v) is 2.06. The fourth-order valence-electron chi connectivity index (χ4n) is 1.20. The number of carboxylic acid groups (broad SMARTS) is 1. The predicted octanol–water partition coefficient (Wildman–Crippen LogP) is 3.38. The van der Waals surface area contributed by atoms with Crippen molar-refractivity contribution in [2.24, 2.45) is 0 Å². The first-order valence-electron chi connectivity index (χ1n) is 4.47. The van der Waals surface area contributed by atoms with E-state index in [1.54, 1.807) is 0 Å². The van der Waals surface area contributed by atoms with Crippen molar-refractivity contribution in [3.8, 4) is 0 Å². The fraction of sp³-hybridized carbons (Fsp3) is 0. The van der Waals surface area contributed by atoms with Crippen LogP contribution in [0.2, 0.25) is 5.02 Å². The van der Waals surface area contributed by atoms with Crippen LogP contribution in [-0.4, -0.2) is 16.1 Å². The summed E-state index contributed by atoms with van der Waals surface area (Å²) in [7, 11) is 0. The summed E-state index contributed by atoms with van der Waals surface area (Å²) in [6, 6.07) is 3.99. The number of nitrogens with zero attached hydrogens (tertiary/aromatic N) is 1. The minimum Gasteiger partial charge on any atom is -0.476 e. The van der Waals surface area contributed by atoms with Crippen LogP contribution in [0.4, 0.5) is 15.1 Å². The molecule has 2 N–H and O–H groups in total. The quantitative estimate of drug-likeness (QED) is 0.899. The van der Waals surface area contributed by atoms with Gasteiger partial charge in [0.15, 0.2) is 5.69 Å². The van der Waals surface area contributed by atoms with Crippen LogP contribution in [0.5, 0.6) is 0 Å². The molecule has 4 nitrogen and oxygen atoms in total. The molecule has 0 saturated carbocycles. The topological polar surface area (TPSA) is 62.2 Å². The minimum atomic E-state index is -1.17. The number of aromatic carboxylic acids is 1. The maximum atomic E-state index is 13.4. The third-order valence-corrected chi connectivity index (χ3v) is 2.92. The Kier molecular flexibility index (Phi) is 3.26. The van der Waals surface area contributed by atoms with Gasteiger partial charge < -0.3 is 10.4 Å². The van der Waals surface area contributed by atoms with Crippen LogP contribution in [0.25, 0.3) is 0 Å². The Balaban J connectivity index is 2.34. The van der Waals surface area contributed by atoms with Crippen molar-refractivity contribution < 1.29 is 14.3 Å². The molecule has 0 spiro atoms. The van der Waals surface area contributed by atoms with Gasteiger partial charge in [0.25, 0.3) is 0 Å². The zero-order chi connectivity index (χ0) is 12.4. The maximum Gasteiger partial charge on any atom is 0.357 e. The van der Waals surface area contributed by atoms with Crippen molar-refractivity contribution in [3.05, 3.63) is 40.2 Å². The number of hydrogen-bond donors (Lipinski definition) is 2. The number of nitrogens with one attached hydrogen (secondary N) is 1. The van der Waals surface area contributed by atoms with Crippen LogP contribution in [-0.2, 0) is 0 Å². The van der Waals surface area contributed by atoms with Crippen LogP contribution < -0.4 is 5.32 Å². The number of carboxylic acids is 1. The number of halogens is 2. The molecule has 0 atom stereocenters. The molecule has 2 rings (SSSR count). The van der Waals surface area contributed by atoms with Crippen LogP contribution in [0.15, 0.2) is 23.7 Å². The maximum absolute atomic E-state index is 13.4.